The Morgan fingerprint density at radius 1 is 0.815 bits per heavy atom. The third-order valence-electron chi connectivity index (χ3n) is 4.34. The Hall–Kier alpha value is -3.28. The average molecular weight is 362 g/mol. The van der Waals surface area contributed by atoms with Crippen LogP contribution in [0.5, 0.6) is 11.5 Å². The summed E-state index contributed by atoms with van der Waals surface area (Å²) < 4.78 is 10.8. The third kappa shape index (κ3) is 4.28. The first-order valence-electron chi connectivity index (χ1n) is 8.93. The van der Waals surface area contributed by atoms with Crippen molar-refractivity contribution in [3.63, 3.8) is 0 Å². The molecule has 0 bridgehead atoms. The molecule has 138 valence electrons. The summed E-state index contributed by atoms with van der Waals surface area (Å²) >= 11 is 0. The molecule has 1 aromatic heterocycles. The zero-order chi connectivity index (χ0) is 18.6. The molecule has 0 unspecified atom stereocenters. The van der Waals surface area contributed by atoms with Crippen LogP contribution in [-0.2, 0) is 13.1 Å². The number of aromatic nitrogens is 2. The highest BCUT2D eigenvalue weighted by molar-refractivity contribution is 5.46. The molecule has 2 aromatic carbocycles. The van der Waals surface area contributed by atoms with Gasteiger partial charge in [0.25, 0.3) is 0 Å². The maximum absolute atomic E-state index is 5.42. The Morgan fingerprint density at radius 3 is 2.41 bits per heavy atom. The second-order valence-electron chi connectivity index (χ2n) is 6.60. The van der Waals surface area contributed by atoms with E-state index in [1.807, 2.05) is 31.2 Å². The number of nitrogens with zero attached hydrogens (tertiary/aromatic N) is 2. The van der Waals surface area contributed by atoms with Gasteiger partial charge in [0.05, 0.1) is 0 Å². The average Bonchev–Trinajstić information content (AvgIpc) is 3.13. The van der Waals surface area contributed by atoms with Gasteiger partial charge in [0, 0.05) is 24.8 Å². The number of ether oxygens (including phenoxy) is 2. The normalized spacial score (nSPS) is 12.1. The highest BCUT2D eigenvalue weighted by Gasteiger charge is 2.13. The van der Waals surface area contributed by atoms with E-state index >= 15 is 0 Å². The van der Waals surface area contributed by atoms with Crippen molar-refractivity contribution in [2.45, 2.75) is 26.9 Å². The lowest BCUT2D eigenvalue weighted by Crippen LogP contribution is -2.08. The molecule has 27 heavy (non-hydrogen) atoms. The van der Waals surface area contributed by atoms with E-state index in [9.17, 15) is 0 Å². The van der Waals surface area contributed by atoms with Crippen LogP contribution in [0.1, 0.15) is 22.4 Å². The summed E-state index contributed by atoms with van der Waals surface area (Å²) in [6.45, 7) is 5.66. The van der Waals surface area contributed by atoms with E-state index in [-0.39, 0.29) is 6.79 Å². The second kappa shape index (κ2) is 7.53. The summed E-state index contributed by atoms with van der Waals surface area (Å²) in [6, 6.07) is 16.3. The first-order chi connectivity index (χ1) is 13.2. The molecule has 0 saturated carbocycles. The first kappa shape index (κ1) is 17.1. The number of anilines is 2. The lowest BCUT2D eigenvalue weighted by atomic mass is 10.1. The predicted octanol–water partition coefficient (Wildman–Crippen LogP) is 4.05. The molecule has 1 aliphatic rings. The summed E-state index contributed by atoms with van der Waals surface area (Å²) in [6.07, 6.45) is 0. The van der Waals surface area contributed by atoms with E-state index in [0.29, 0.717) is 12.5 Å². The molecule has 0 saturated heterocycles. The number of hydrogen-bond acceptors (Lipinski definition) is 6. The van der Waals surface area contributed by atoms with Crippen LogP contribution < -0.4 is 20.1 Å². The van der Waals surface area contributed by atoms with Crippen LogP contribution >= 0.6 is 0 Å². The number of benzene rings is 2. The molecular weight excluding hydrogens is 340 g/mol. The van der Waals surface area contributed by atoms with Crippen molar-refractivity contribution in [2.24, 2.45) is 0 Å². The highest BCUT2D eigenvalue weighted by atomic mass is 16.7. The van der Waals surface area contributed by atoms with E-state index in [2.05, 4.69) is 51.8 Å². The number of hydrogen-bond donors (Lipinski definition) is 2. The molecule has 0 spiro atoms. The number of fused-ring (bicyclic) bond motifs is 1. The largest absolute Gasteiger partial charge is 0.454 e. The van der Waals surface area contributed by atoms with Crippen LogP contribution in [0.2, 0.25) is 0 Å². The maximum atomic E-state index is 5.42. The van der Waals surface area contributed by atoms with Gasteiger partial charge < -0.3 is 20.1 Å². The van der Waals surface area contributed by atoms with Crippen LogP contribution in [0.4, 0.5) is 11.8 Å². The van der Waals surface area contributed by atoms with Gasteiger partial charge in [-0.3, -0.25) is 0 Å². The minimum Gasteiger partial charge on any atom is -0.454 e. The quantitative estimate of drug-likeness (QED) is 0.690. The Morgan fingerprint density at radius 2 is 1.56 bits per heavy atom. The van der Waals surface area contributed by atoms with Gasteiger partial charge >= 0.3 is 0 Å². The molecule has 2 heterocycles. The fourth-order valence-electron chi connectivity index (χ4n) is 2.87. The Labute approximate surface area is 158 Å². The SMILES string of the molecule is Cc1ccc(CNc2cc(C)nc(NCc3ccc4c(c3)OCO4)n2)cc1. The summed E-state index contributed by atoms with van der Waals surface area (Å²) in [4.78, 5) is 9.03. The molecular formula is C21H22N4O2. The molecule has 0 atom stereocenters. The molecule has 4 rings (SSSR count). The minimum atomic E-state index is 0.281. The lowest BCUT2D eigenvalue weighted by molar-refractivity contribution is 0.174. The number of aryl methyl sites for hydroxylation is 2. The van der Waals surface area contributed by atoms with Crippen LogP contribution in [0.3, 0.4) is 0 Å². The van der Waals surface area contributed by atoms with Crippen molar-refractivity contribution in [3.8, 4) is 11.5 Å². The molecule has 3 aromatic rings. The van der Waals surface area contributed by atoms with Crippen LogP contribution in [0.25, 0.3) is 0 Å². The van der Waals surface area contributed by atoms with E-state index in [1.165, 1.54) is 11.1 Å². The van der Waals surface area contributed by atoms with Gasteiger partial charge in [0.15, 0.2) is 11.5 Å². The number of nitrogens with one attached hydrogen (secondary N) is 2. The van der Waals surface area contributed by atoms with Crippen molar-refractivity contribution < 1.29 is 9.47 Å². The predicted molar refractivity (Wildman–Crippen MR) is 105 cm³/mol. The number of rotatable bonds is 6. The van der Waals surface area contributed by atoms with Crippen molar-refractivity contribution >= 4 is 11.8 Å². The Kier molecular flexibility index (Phi) is 4.78. The standard InChI is InChI=1S/C21H22N4O2/c1-14-3-5-16(6-4-14)11-22-20-9-15(2)24-21(25-20)23-12-17-7-8-18-19(10-17)27-13-26-18/h3-10H,11-13H2,1-2H3,(H2,22,23,24,25). The van der Waals surface area contributed by atoms with Crippen LogP contribution in [-0.4, -0.2) is 16.8 Å². The van der Waals surface area contributed by atoms with Crippen molar-refractivity contribution in [2.75, 3.05) is 17.4 Å². The van der Waals surface area contributed by atoms with Crippen molar-refractivity contribution in [1.82, 2.24) is 9.97 Å². The fourth-order valence-corrected chi connectivity index (χ4v) is 2.87. The van der Waals surface area contributed by atoms with Gasteiger partial charge in [-0.2, -0.15) is 4.98 Å². The Balaban J connectivity index is 1.40. The van der Waals surface area contributed by atoms with Gasteiger partial charge in [-0.05, 0) is 37.1 Å². The van der Waals surface area contributed by atoms with Gasteiger partial charge in [-0.15, -0.1) is 0 Å². The zero-order valence-corrected chi connectivity index (χ0v) is 15.5. The fraction of sp³-hybridized carbons (Fsp3) is 0.238. The van der Waals surface area contributed by atoms with Crippen LogP contribution in [0.15, 0.2) is 48.5 Å². The van der Waals surface area contributed by atoms with E-state index in [4.69, 9.17) is 9.47 Å². The molecule has 2 N–H and O–H groups in total. The van der Waals surface area contributed by atoms with Gasteiger partial charge in [-0.1, -0.05) is 35.9 Å². The molecule has 6 heteroatoms. The summed E-state index contributed by atoms with van der Waals surface area (Å²) in [7, 11) is 0. The third-order valence-corrected chi connectivity index (χ3v) is 4.34. The van der Waals surface area contributed by atoms with Gasteiger partial charge in [-0.25, -0.2) is 4.98 Å². The van der Waals surface area contributed by atoms with Gasteiger partial charge in [0.2, 0.25) is 12.7 Å². The maximum Gasteiger partial charge on any atom is 0.231 e. The van der Waals surface area contributed by atoms with E-state index < -0.39 is 0 Å². The molecule has 0 fully saturated rings. The summed E-state index contributed by atoms with van der Waals surface area (Å²) in [5, 5.41) is 6.65. The molecule has 0 amide bonds. The molecule has 6 nitrogen and oxygen atoms in total. The Bertz CT molecular complexity index is 941. The lowest BCUT2D eigenvalue weighted by Gasteiger charge is -2.10. The summed E-state index contributed by atoms with van der Waals surface area (Å²) in [5.41, 5.74) is 4.46. The zero-order valence-electron chi connectivity index (χ0n) is 15.5. The monoisotopic (exact) mass is 362 g/mol. The first-order valence-corrected chi connectivity index (χ1v) is 8.93. The smallest absolute Gasteiger partial charge is 0.231 e. The van der Waals surface area contributed by atoms with Crippen molar-refractivity contribution in [1.29, 1.82) is 0 Å². The molecule has 0 radical (unpaired) electrons. The van der Waals surface area contributed by atoms with Gasteiger partial charge in [0.1, 0.15) is 5.82 Å². The highest BCUT2D eigenvalue weighted by Crippen LogP contribution is 2.32. The molecule has 0 aliphatic carbocycles. The van der Waals surface area contributed by atoms with E-state index in [1.54, 1.807) is 0 Å². The molecule has 1 aliphatic heterocycles. The van der Waals surface area contributed by atoms with Crippen molar-refractivity contribution in [3.05, 3.63) is 70.9 Å². The minimum absolute atomic E-state index is 0.281. The van der Waals surface area contributed by atoms with Crippen LogP contribution in [0, 0.1) is 13.8 Å². The topological polar surface area (TPSA) is 68.3 Å². The summed E-state index contributed by atoms with van der Waals surface area (Å²) in [5.74, 6) is 2.96. The van der Waals surface area contributed by atoms with E-state index in [0.717, 1.165) is 35.1 Å². The second-order valence-corrected chi connectivity index (χ2v) is 6.60.